The molecular weight excluding hydrogens is 292 g/mol. The van der Waals surface area contributed by atoms with Gasteiger partial charge >= 0.3 is 0 Å². The Hall–Kier alpha value is -0.730. The van der Waals surface area contributed by atoms with Crippen molar-refractivity contribution < 1.29 is 0 Å². The van der Waals surface area contributed by atoms with Crippen LogP contribution in [0.15, 0.2) is 53.0 Å². The molecule has 0 spiro atoms. The van der Waals surface area contributed by atoms with Crippen molar-refractivity contribution in [3.05, 3.63) is 69.7 Å². The summed E-state index contributed by atoms with van der Waals surface area (Å²) in [4.78, 5) is 0. The molecule has 1 atom stereocenters. The second kappa shape index (κ2) is 4.87. The molecule has 0 aliphatic carbocycles. The summed E-state index contributed by atoms with van der Waals surface area (Å²) < 4.78 is 0.836. The first-order chi connectivity index (χ1) is 8.00. The topological polar surface area (TPSA) is 0 Å². The number of benzene rings is 2. The normalized spacial score (nSPS) is 14.4. The number of hydrogen-bond acceptors (Lipinski definition) is 1. The molecule has 2 heteroatoms. The van der Waals surface area contributed by atoms with E-state index in [1.54, 1.807) is 0 Å². The SMILES string of the molecule is Cc1ccc(C(C)(S)c2ccc(Br)cc2)cc1. The van der Waals surface area contributed by atoms with Gasteiger partial charge in [-0.25, -0.2) is 0 Å². The van der Waals surface area contributed by atoms with E-state index in [1.807, 2.05) is 0 Å². The minimum atomic E-state index is -0.256. The third-order valence-corrected chi connectivity index (χ3v) is 4.07. The van der Waals surface area contributed by atoms with Crippen molar-refractivity contribution in [1.29, 1.82) is 0 Å². The molecule has 0 aromatic heterocycles. The van der Waals surface area contributed by atoms with Crippen molar-refractivity contribution >= 4 is 28.6 Å². The lowest BCUT2D eigenvalue weighted by atomic mass is 9.91. The quantitative estimate of drug-likeness (QED) is 0.746. The maximum absolute atomic E-state index is 4.82. The van der Waals surface area contributed by atoms with Crippen molar-refractivity contribution in [3.63, 3.8) is 0 Å². The maximum Gasteiger partial charge on any atom is 0.0598 e. The van der Waals surface area contributed by atoms with Gasteiger partial charge in [0.2, 0.25) is 0 Å². The van der Waals surface area contributed by atoms with Crippen molar-refractivity contribution in [3.8, 4) is 0 Å². The Morgan fingerprint density at radius 2 is 1.29 bits per heavy atom. The van der Waals surface area contributed by atoms with Crippen molar-refractivity contribution in [2.45, 2.75) is 18.6 Å². The van der Waals surface area contributed by atoms with Crippen LogP contribution in [0.4, 0.5) is 0 Å². The predicted molar refractivity (Wildman–Crippen MR) is 80.8 cm³/mol. The molecule has 0 aliphatic rings. The van der Waals surface area contributed by atoms with E-state index < -0.39 is 0 Å². The fourth-order valence-corrected chi connectivity index (χ4v) is 2.38. The van der Waals surface area contributed by atoms with Gasteiger partial charge in [0.15, 0.2) is 0 Å². The standard InChI is InChI=1S/C15H15BrS/c1-11-3-5-12(6-4-11)15(2,17)13-7-9-14(16)10-8-13/h3-10,17H,1-2H3. The minimum Gasteiger partial charge on any atom is -0.163 e. The number of rotatable bonds is 2. The van der Waals surface area contributed by atoms with Crippen LogP contribution in [0.1, 0.15) is 23.6 Å². The molecule has 0 bridgehead atoms. The minimum absolute atomic E-state index is 0.256. The lowest BCUT2D eigenvalue weighted by Crippen LogP contribution is -2.15. The first-order valence-corrected chi connectivity index (χ1v) is 6.80. The highest BCUT2D eigenvalue weighted by atomic mass is 79.9. The Kier molecular flexibility index (Phi) is 3.64. The summed E-state index contributed by atoms with van der Waals surface area (Å²) in [5, 5.41) is 0. The molecule has 88 valence electrons. The molecule has 17 heavy (non-hydrogen) atoms. The highest BCUT2D eigenvalue weighted by Gasteiger charge is 2.23. The summed E-state index contributed by atoms with van der Waals surface area (Å²) in [6.07, 6.45) is 0. The van der Waals surface area contributed by atoms with Gasteiger partial charge in [0.1, 0.15) is 0 Å². The molecule has 0 radical (unpaired) electrons. The average Bonchev–Trinajstić information content (AvgIpc) is 2.30. The summed E-state index contributed by atoms with van der Waals surface area (Å²) in [5.74, 6) is 0. The highest BCUT2D eigenvalue weighted by Crippen LogP contribution is 2.36. The van der Waals surface area contributed by atoms with Crippen LogP contribution in [0, 0.1) is 6.92 Å². The zero-order chi connectivity index (χ0) is 12.5. The molecule has 0 saturated heterocycles. The second-order valence-corrected chi connectivity index (χ2v) is 6.26. The Morgan fingerprint density at radius 1 is 0.882 bits per heavy atom. The summed E-state index contributed by atoms with van der Waals surface area (Å²) in [6, 6.07) is 16.9. The molecule has 0 aliphatic heterocycles. The van der Waals surface area contributed by atoms with Gasteiger partial charge in [-0.15, -0.1) is 0 Å². The lowest BCUT2D eigenvalue weighted by molar-refractivity contribution is 0.847. The second-order valence-electron chi connectivity index (χ2n) is 4.45. The molecule has 0 amide bonds. The molecule has 0 fully saturated rings. The molecule has 2 rings (SSSR count). The Balaban J connectivity index is 2.41. The van der Waals surface area contributed by atoms with Crippen LogP contribution >= 0.6 is 28.6 Å². The van der Waals surface area contributed by atoms with Gasteiger partial charge in [-0.05, 0) is 37.1 Å². The third-order valence-electron chi connectivity index (χ3n) is 3.02. The van der Waals surface area contributed by atoms with Crippen LogP contribution in [0.25, 0.3) is 0 Å². The van der Waals surface area contributed by atoms with Crippen molar-refractivity contribution in [2.24, 2.45) is 0 Å². The van der Waals surface area contributed by atoms with E-state index in [9.17, 15) is 0 Å². The predicted octanol–water partition coefficient (Wildman–Crippen LogP) is 4.95. The van der Waals surface area contributed by atoms with E-state index in [1.165, 1.54) is 16.7 Å². The van der Waals surface area contributed by atoms with Crippen LogP contribution in [0.2, 0.25) is 0 Å². The molecule has 2 aromatic rings. The zero-order valence-corrected chi connectivity index (χ0v) is 12.4. The Morgan fingerprint density at radius 3 is 1.76 bits per heavy atom. The molecule has 0 nitrogen and oxygen atoms in total. The van der Waals surface area contributed by atoms with Gasteiger partial charge in [0.25, 0.3) is 0 Å². The third kappa shape index (κ3) is 2.75. The van der Waals surface area contributed by atoms with Crippen LogP contribution in [0.5, 0.6) is 0 Å². The van der Waals surface area contributed by atoms with Crippen LogP contribution in [0.3, 0.4) is 0 Å². The van der Waals surface area contributed by atoms with Gasteiger partial charge in [-0.2, -0.15) is 12.6 Å². The fourth-order valence-electron chi connectivity index (χ4n) is 1.82. The van der Waals surface area contributed by atoms with Crippen molar-refractivity contribution in [1.82, 2.24) is 0 Å². The smallest absolute Gasteiger partial charge is 0.0598 e. The van der Waals surface area contributed by atoms with E-state index in [0.717, 1.165) is 4.47 Å². The average molecular weight is 307 g/mol. The Bertz CT molecular complexity index is 450. The molecule has 0 N–H and O–H groups in total. The highest BCUT2D eigenvalue weighted by molar-refractivity contribution is 9.10. The largest absolute Gasteiger partial charge is 0.163 e. The van der Waals surface area contributed by atoms with E-state index >= 15 is 0 Å². The number of thiol groups is 1. The first-order valence-electron chi connectivity index (χ1n) is 5.56. The molecule has 1 unspecified atom stereocenters. The molecule has 0 saturated carbocycles. The van der Waals surface area contributed by atoms with E-state index in [2.05, 4.69) is 78.3 Å². The summed E-state index contributed by atoms with van der Waals surface area (Å²) in [5.41, 5.74) is 3.69. The number of hydrogen-bond donors (Lipinski definition) is 1. The lowest BCUT2D eigenvalue weighted by Gasteiger charge is -2.25. The van der Waals surface area contributed by atoms with Crippen LogP contribution in [-0.4, -0.2) is 0 Å². The number of halogens is 1. The van der Waals surface area contributed by atoms with E-state index in [0.29, 0.717) is 0 Å². The maximum atomic E-state index is 4.82. The van der Waals surface area contributed by atoms with Gasteiger partial charge in [0.05, 0.1) is 4.75 Å². The zero-order valence-electron chi connectivity index (χ0n) is 9.94. The summed E-state index contributed by atoms with van der Waals surface area (Å²) >= 11 is 8.27. The van der Waals surface area contributed by atoms with Crippen LogP contribution < -0.4 is 0 Å². The van der Waals surface area contributed by atoms with Gasteiger partial charge in [0, 0.05) is 4.47 Å². The number of aryl methyl sites for hydroxylation is 1. The van der Waals surface area contributed by atoms with Gasteiger partial charge in [-0.3, -0.25) is 0 Å². The van der Waals surface area contributed by atoms with Gasteiger partial charge < -0.3 is 0 Å². The van der Waals surface area contributed by atoms with Crippen LogP contribution in [-0.2, 0) is 4.75 Å². The molecule has 2 aromatic carbocycles. The van der Waals surface area contributed by atoms with E-state index in [4.69, 9.17) is 12.6 Å². The molecular formula is C15H15BrS. The first kappa shape index (κ1) is 12.7. The van der Waals surface area contributed by atoms with Gasteiger partial charge in [-0.1, -0.05) is 57.9 Å². The fraction of sp³-hybridized carbons (Fsp3) is 0.200. The summed E-state index contributed by atoms with van der Waals surface area (Å²) in [7, 11) is 0. The monoisotopic (exact) mass is 306 g/mol. The molecule has 0 heterocycles. The van der Waals surface area contributed by atoms with Crippen molar-refractivity contribution in [2.75, 3.05) is 0 Å². The summed E-state index contributed by atoms with van der Waals surface area (Å²) in [6.45, 7) is 4.23. The van der Waals surface area contributed by atoms with E-state index in [-0.39, 0.29) is 4.75 Å². The Labute approximate surface area is 117 Å².